The van der Waals surface area contributed by atoms with Crippen molar-refractivity contribution in [3.63, 3.8) is 0 Å². The maximum Gasteiger partial charge on any atom is 0.00682 e. The van der Waals surface area contributed by atoms with Crippen molar-refractivity contribution in [2.45, 2.75) is 45.6 Å². The van der Waals surface area contributed by atoms with Crippen LogP contribution < -0.4 is 5.32 Å². The quantitative estimate of drug-likeness (QED) is 0.601. The van der Waals surface area contributed by atoms with Gasteiger partial charge in [-0.2, -0.15) is 0 Å². The second-order valence-electron chi connectivity index (χ2n) is 5.07. The van der Waals surface area contributed by atoms with E-state index in [0.29, 0.717) is 0 Å². The Hall–Kier alpha value is -0.0800. The van der Waals surface area contributed by atoms with Gasteiger partial charge in [0.25, 0.3) is 0 Å². The van der Waals surface area contributed by atoms with Gasteiger partial charge in [0, 0.05) is 6.04 Å². The van der Waals surface area contributed by atoms with E-state index in [1.165, 1.54) is 45.3 Å². The lowest BCUT2D eigenvalue weighted by atomic mass is 10.1. The van der Waals surface area contributed by atoms with Crippen molar-refractivity contribution in [2.75, 3.05) is 26.7 Å². The summed E-state index contributed by atoms with van der Waals surface area (Å²) in [6.07, 6.45) is 5.43. The molecule has 84 valence electrons. The fraction of sp³-hybridized carbons (Fsp3) is 1.00. The Bertz CT molecular complexity index is 141. The van der Waals surface area contributed by atoms with Gasteiger partial charge in [0.15, 0.2) is 0 Å². The fourth-order valence-electron chi connectivity index (χ4n) is 1.53. The highest BCUT2D eigenvalue weighted by Crippen LogP contribution is 2.18. The van der Waals surface area contributed by atoms with Crippen molar-refractivity contribution in [1.82, 2.24) is 10.2 Å². The molecule has 0 saturated heterocycles. The van der Waals surface area contributed by atoms with Gasteiger partial charge in [-0.1, -0.05) is 13.8 Å². The zero-order chi connectivity index (χ0) is 10.4. The summed E-state index contributed by atoms with van der Waals surface area (Å²) in [5.74, 6) is 0.835. The van der Waals surface area contributed by atoms with Crippen LogP contribution in [0, 0.1) is 5.92 Å². The maximum absolute atomic E-state index is 3.55. The fourth-order valence-corrected chi connectivity index (χ4v) is 1.53. The summed E-state index contributed by atoms with van der Waals surface area (Å²) in [6.45, 7) is 8.29. The molecule has 0 aliphatic heterocycles. The normalized spacial score (nSPS) is 16.9. The summed E-state index contributed by atoms with van der Waals surface area (Å²) >= 11 is 0. The molecule has 0 bridgehead atoms. The lowest BCUT2D eigenvalue weighted by molar-refractivity contribution is 0.305. The third kappa shape index (κ3) is 6.39. The van der Waals surface area contributed by atoms with E-state index in [1.807, 2.05) is 0 Å². The molecule has 0 aromatic heterocycles. The van der Waals surface area contributed by atoms with Crippen molar-refractivity contribution < 1.29 is 0 Å². The lowest BCUT2D eigenvalue weighted by Gasteiger charge is -2.17. The second-order valence-corrected chi connectivity index (χ2v) is 5.07. The van der Waals surface area contributed by atoms with E-state index >= 15 is 0 Å². The van der Waals surface area contributed by atoms with Gasteiger partial charge >= 0.3 is 0 Å². The molecule has 1 fully saturated rings. The minimum Gasteiger partial charge on any atom is -0.314 e. The Morgan fingerprint density at radius 2 is 2.00 bits per heavy atom. The van der Waals surface area contributed by atoms with Crippen LogP contribution in [0.15, 0.2) is 0 Å². The van der Waals surface area contributed by atoms with Gasteiger partial charge in [0.1, 0.15) is 0 Å². The summed E-state index contributed by atoms with van der Waals surface area (Å²) in [7, 11) is 2.24. The first-order chi connectivity index (χ1) is 6.68. The third-order valence-corrected chi connectivity index (χ3v) is 2.82. The highest BCUT2D eigenvalue weighted by molar-refractivity contribution is 4.80. The third-order valence-electron chi connectivity index (χ3n) is 2.82. The molecule has 0 radical (unpaired) electrons. The Labute approximate surface area is 89.1 Å². The van der Waals surface area contributed by atoms with Gasteiger partial charge in [-0.15, -0.1) is 0 Å². The number of nitrogens with zero attached hydrogens (tertiary/aromatic N) is 1. The van der Waals surface area contributed by atoms with Gasteiger partial charge in [0.2, 0.25) is 0 Å². The number of hydrogen-bond donors (Lipinski definition) is 1. The van der Waals surface area contributed by atoms with E-state index in [0.717, 1.165) is 12.0 Å². The molecule has 0 amide bonds. The minimum atomic E-state index is 0.835. The molecular weight excluding hydrogens is 172 g/mol. The summed E-state index contributed by atoms with van der Waals surface area (Å²) < 4.78 is 0. The van der Waals surface area contributed by atoms with Crippen LogP contribution in [0.4, 0.5) is 0 Å². The molecule has 1 aliphatic rings. The van der Waals surface area contributed by atoms with Crippen molar-refractivity contribution in [2.24, 2.45) is 5.92 Å². The van der Waals surface area contributed by atoms with E-state index in [-0.39, 0.29) is 0 Å². The SMILES string of the molecule is CC(C)CCN(C)CCCNC1CC1. The molecule has 1 rings (SSSR count). The molecule has 2 nitrogen and oxygen atoms in total. The highest BCUT2D eigenvalue weighted by Gasteiger charge is 2.19. The molecule has 0 unspecified atom stereocenters. The summed E-state index contributed by atoms with van der Waals surface area (Å²) in [4.78, 5) is 2.45. The van der Waals surface area contributed by atoms with Crippen LogP contribution in [0.5, 0.6) is 0 Å². The molecule has 14 heavy (non-hydrogen) atoms. The van der Waals surface area contributed by atoms with E-state index < -0.39 is 0 Å². The number of nitrogens with one attached hydrogen (secondary N) is 1. The van der Waals surface area contributed by atoms with Crippen molar-refractivity contribution in [3.8, 4) is 0 Å². The molecule has 1 aliphatic carbocycles. The standard InChI is InChI=1S/C12H26N2/c1-11(2)7-10-14(3)9-4-8-13-12-5-6-12/h11-13H,4-10H2,1-3H3. The van der Waals surface area contributed by atoms with Crippen LogP contribution in [0.2, 0.25) is 0 Å². The number of hydrogen-bond acceptors (Lipinski definition) is 2. The van der Waals surface area contributed by atoms with Gasteiger partial charge in [-0.05, 0) is 58.3 Å². The molecule has 2 heteroatoms. The van der Waals surface area contributed by atoms with Gasteiger partial charge in [0.05, 0.1) is 0 Å². The maximum atomic E-state index is 3.55. The van der Waals surface area contributed by atoms with Crippen molar-refractivity contribution in [1.29, 1.82) is 0 Å². The number of rotatable bonds is 8. The molecule has 0 aromatic rings. The van der Waals surface area contributed by atoms with Gasteiger partial charge < -0.3 is 10.2 Å². The largest absolute Gasteiger partial charge is 0.314 e. The predicted octanol–water partition coefficient (Wildman–Crippen LogP) is 2.11. The zero-order valence-corrected chi connectivity index (χ0v) is 10.1. The monoisotopic (exact) mass is 198 g/mol. The van der Waals surface area contributed by atoms with Crippen LogP contribution in [0.1, 0.15) is 39.5 Å². The summed E-state index contributed by atoms with van der Waals surface area (Å²) in [5, 5.41) is 3.55. The first-order valence-electron chi connectivity index (χ1n) is 6.10. The van der Waals surface area contributed by atoms with Crippen molar-refractivity contribution in [3.05, 3.63) is 0 Å². The predicted molar refractivity (Wildman–Crippen MR) is 62.6 cm³/mol. The molecule has 1 saturated carbocycles. The average Bonchev–Trinajstić information content (AvgIpc) is 2.92. The van der Waals surface area contributed by atoms with Crippen LogP contribution in [0.25, 0.3) is 0 Å². The molecule has 0 heterocycles. The first kappa shape index (κ1) is 12.0. The molecule has 0 spiro atoms. The van der Waals surface area contributed by atoms with Gasteiger partial charge in [-0.25, -0.2) is 0 Å². The van der Waals surface area contributed by atoms with E-state index in [2.05, 4.69) is 31.1 Å². The Morgan fingerprint density at radius 1 is 1.29 bits per heavy atom. The van der Waals surface area contributed by atoms with Crippen LogP contribution in [-0.4, -0.2) is 37.6 Å². The minimum absolute atomic E-state index is 0.835. The van der Waals surface area contributed by atoms with E-state index in [9.17, 15) is 0 Å². The zero-order valence-electron chi connectivity index (χ0n) is 10.1. The van der Waals surface area contributed by atoms with Crippen LogP contribution >= 0.6 is 0 Å². The Morgan fingerprint density at radius 3 is 2.57 bits per heavy atom. The second kappa shape index (κ2) is 6.41. The first-order valence-corrected chi connectivity index (χ1v) is 6.10. The Balaban J connectivity index is 1.83. The van der Waals surface area contributed by atoms with Crippen LogP contribution in [-0.2, 0) is 0 Å². The molecule has 0 aromatic carbocycles. The summed E-state index contributed by atoms with van der Waals surface area (Å²) in [6, 6.07) is 0.871. The van der Waals surface area contributed by atoms with Crippen LogP contribution in [0.3, 0.4) is 0 Å². The van der Waals surface area contributed by atoms with E-state index in [1.54, 1.807) is 0 Å². The average molecular weight is 198 g/mol. The topological polar surface area (TPSA) is 15.3 Å². The lowest BCUT2D eigenvalue weighted by Crippen LogP contribution is -2.26. The smallest absolute Gasteiger partial charge is 0.00682 e. The molecule has 1 N–H and O–H groups in total. The van der Waals surface area contributed by atoms with Crippen molar-refractivity contribution >= 4 is 0 Å². The molecular formula is C12H26N2. The highest BCUT2D eigenvalue weighted by atomic mass is 15.1. The van der Waals surface area contributed by atoms with Gasteiger partial charge in [-0.3, -0.25) is 0 Å². The summed E-state index contributed by atoms with van der Waals surface area (Å²) in [5.41, 5.74) is 0. The Kier molecular flexibility index (Phi) is 5.49. The molecule has 0 atom stereocenters. The van der Waals surface area contributed by atoms with E-state index in [4.69, 9.17) is 0 Å².